The number of carbonyl (C=O) groups is 3. The molecule has 28 heavy (non-hydrogen) atoms. The van der Waals surface area contributed by atoms with Gasteiger partial charge in [-0.2, -0.15) is 0 Å². The minimum atomic E-state index is -1.20. The van der Waals surface area contributed by atoms with Gasteiger partial charge in [-0.05, 0) is 26.0 Å². The van der Waals surface area contributed by atoms with Crippen LogP contribution in [0.4, 0.5) is 0 Å². The van der Waals surface area contributed by atoms with E-state index in [4.69, 9.17) is 18.9 Å². The average Bonchev–Trinajstić information content (AvgIpc) is 2.70. The van der Waals surface area contributed by atoms with E-state index < -0.39 is 29.7 Å². The summed E-state index contributed by atoms with van der Waals surface area (Å²) in [6, 6.07) is 9.05. The first-order valence-electron chi connectivity index (χ1n) is 8.67. The number of esters is 3. The number of ether oxygens (including phenoxy) is 4. The fraction of sp³-hybridized carbons (Fsp3) is 0.400. The Bertz CT molecular complexity index is 798. The van der Waals surface area contributed by atoms with Gasteiger partial charge in [-0.1, -0.05) is 18.2 Å². The van der Waals surface area contributed by atoms with Gasteiger partial charge in [0.2, 0.25) is 0 Å². The number of carbonyl (C=O) groups excluding carboxylic acids is 3. The minimum absolute atomic E-state index is 0.0162. The molecule has 0 saturated heterocycles. The normalized spacial score (nSPS) is 18.8. The van der Waals surface area contributed by atoms with Crippen molar-refractivity contribution in [2.24, 2.45) is 16.8 Å². The van der Waals surface area contributed by atoms with Gasteiger partial charge in [0.15, 0.2) is 0 Å². The molecule has 1 unspecified atom stereocenters. The molecule has 1 aromatic rings. The maximum absolute atomic E-state index is 12.8. The molecule has 0 aromatic heterocycles. The van der Waals surface area contributed by atoms with Crippen LogP contribution in [0.15, 0.2) is 46.6 Å². The third kappa shape index (κ3) is 4.76. The highest BCUT2D eigenvalue weighted by atomic mass is 16.6. The predicted octanol–water partition coefficient (Wildman–Crippen LogP) is 1.94. The zero-order valence-corrected chi connectivity index (χ0v) is 16.3. The second kappa shape index (κ2) is 9.68. The molecule has 0 amide bonds. The van der Waals surface area contributed by atoms with Crippen LogP contribution in [0.2, 0.25) is 0 Å². The lowest BCUT2D eigenvalue weighted by Crippen LogP contribution is -2.42. The molecule has 150 valence electrons. The van der Waals surface area contributed by atoms with Crippen LogP contribution in [0.5, 0.6) is 5.75 Å². The summed E-state index contributed by atoms with van der Waals surface area (Å²) in [5.74, 6) is -3.80. The summed E-state index contributed by atoms with van der Waals surface area (Å²) in [7, 11) is 2.39. The summed E-state index contributed by atoms with van der Waals surface area (Å²) < 4.78 is 20.3. The van der Waals surface area contributed by atoms with Gasteiger partial charge in [0.1, 0.15) is 30.8 Å². The first-order chi connectivity index (χ1) is 13.4. The second-order valence-corrected chi connectivity index (χ2v) is 6.05. The standard InChI is InChI=1S/C20H23NO7/c1-12-15(18(22)25-3)17(16(13(2)21-12)19(23)26-4)20(24)28-11-10-27-14-8-6-5-7-9-14/h5-9,15,17H,10-11H2,1-4H3/t15?,17-/m0/s1. The van der Waals surface area contributed by atoms with Crippen LogP contribution in [0.25, 0.3) is 0 Å². The summed E-state index contributed by atoms with van der Waals surface area (Å²) in [6.45, 7) is 3.23. The average molecular weight is 389 g/mol. The zero-order chi connectivity index (χ0) is 20.7. The Kier molecular flexibility index (Phi) is 7.31. The van der Waals surface area contributed by atoms with Crippen LogP contribution in [0.1, 0.15) is 13.8 Å². The number of para-hydroxylation sites is 1. The number of allylic oxidation sites excluding steroid dienone is 1. The quantitative estimate of drug-likeness (QED) is 0.399. The Labute approximate surface area is 163 Å². The molecule has 0 spiro atoms. The third-order valence-electron chi connectivity index (χ3n) is 4.28. The van der Waals surface area contributed by atoms with Crippen LogP contribution >= 0.6 is 0 Å². The van der Waals surface area contributed by atoms with Crippen LogP contribution in [-0.2, 0) is 28.6 Å². The van der Waals surface area contributed by atoms with E-state index in [1.165, 1.54) is 14.2 Å². The van der Waals surface area contributed by atoms with Gasteiger partial charge in [-0.15, -0.1) is 0 Å². The van der Waals surface area contributed by atoms with E-state index in [0.717, 1.165) is 0 Å². The molecule has 2 rings (SSSR count). The molecule has 1 aliphatic heterocycles. The van der Waals surface area contributed by atoms with E-state index in [0.29, 0.717) is 17.2 Å². The highest BCUT2D eigenvalue weighted by molar-refractivity contribution is 6.10. The lowest BCUT2D eigenvalue weighted by molar-refractivity contribution is -0.157. The number of methoxy groups -OCH3 is 2. The highest BCUT2D eigenvalue weighted by Crippen LogP contribution is 2.33. The lowest BCUT2D eigenvalue weighted by atomic mass is 9.80. The summed E-state index contributed by atoms with van der Waals surface area (Å²) in [5.41, 5.74) is 0.643. The van der Waals surface area contributed by atoms with Crippen molar-refractivity contribution in [3.8, 4) is 5.75 Å². The van der Waals surface area contributed by atoms with E-state index in [-0.39, 0.29) is 18.8 Å². The number of benzene rings is 1. The summed E-state index contributed by atoms with van der Waals surface area (Å²) in [6.07, 6.45) is 0. The van der Waals surface area contributed by atoms with E-state index in [1.54, 1.807) is 26.0 Å². The molecule has 0 bridgehead atoms. The molecule has 0 radical (unpaired) electrons. The van der Waals surface area contributed by atoms with E-state index in [1.807, 2.05) is 18.2 Å². The molecule has 0 aliphatic carbocycles. The van der Waals surface area contributed by atoms with Crippen molar-refractivity contribution in [2.45, 2.75) is 13.8 Å². The Morgan fingerprint density at radius 1 is 0.929 bits per heavy atom. The van der Waals surface area contributed by atoms with Gasteiger partial charge in [0.25, 0.3) is 0 Å². The molecule has 0 N–H and O–H groups in total. The number of rotatable bonds is 7. The molecule has 1 aromatic carbocycles. The SMILES string of the molecule is COC(=O)C1=C(C)N=C(C)C(C(=O)OC)[C@@H]1C(=O)OCCOc1ccccc1. The smallest absolute Gasteiger partial charge is 0.336 e. The molecule has 0 saturated carbocycles. The monoisotopic (exact) mass is 389 g/mol. The molecule has 0 fully saturated rings. The van der Waals surface area contributed by atoms with Gasteiger partial charge in [-0.25, -0.2) is 4.79 Å². The van der Waals surface area contributed by atoms with Crippen molar-refractivity contribution in [3.63, 3.8) is 0 Å². The van der Waals surface area contributed by atoms with Crippen molar-refractivity contribution >= 4 is 23.6 Å². The van der Waals surface area contributed by atoms with Crippen LogP contribution in [0, 0.1) is 11.8 Å². The van der Waals surface area contributed by atoms with Gasteiger partial charge >= 0.3 is 17.9 Å². The fourth-order valence-electron chi connectivity index (χ4n) is 3.01. The maximum atomic E-state index is 12.8. The molecule has 1 aliphatic rings. The van der Waals surface area contributed by atoms with Gasteiger partial charge in [0.05, 0.1) is 19.8 Å². The van der Waals surface area contributed by atoms with Crippen molar-refractivity contribution in [1.29, 1.82) is 0 Å². The Morgan fingerprint density at radius 3 is 2.21 bits per heavy atom. The Morgan fingerprint density at radius 2 is 1.61 bits per heavy atom. The van der Waals surface area contributed by atoms with Crippen molar-refractivity contribution in [2.75, 3.05) is 27.4 Å². The van der Waals surface area contributed by atoms with Crippen molar-refractivity contribution in [3.05, 3.63) is 41.6 Å². The zero-order valence-electron chi connectivity index (χ0n) is 16.3. The number of hydrogen-bond acceptors (Lipinski definition) is 8. The first-order valence-corrected chi connectivity index (χ1v) is 8.67. The fourth-order valence-corrected chi connectivity index (χ4v) is 3.01. The summed E-state index contributed by atoms with van der Waals surface area (Å²) in [4.78, 5) is 41.5. The number of hydrogen-bond donors (Lipinski definition) is 0. The second-order valence-electron chi connectivity index (χ2n) is 6.05. The van der Waals surface area contributed by atoms with Crippen LogP contribution in [0.3, 0.4) is 0 Å². The van der Waals surface area contributed by atoms with Crippen LogP contribution < -0.4 is 4.74 Å². The highest BCUT2D eigenvalue weighted by Gasteiger charge is 2.46. The number of aliphatic imine (C=N–C) groups is 1. The first kappa shape index (κ1) is 21.1. The Hall–Kier alpha value is -3.16. The van der Waals surface area contributed by atoms with E-state index in [2.05, 4.69) is 4.99 Å². The molecule has 1 heterocycles. The molecular weight excluding hydrogens is 366 g/mol. The maximum Gasteiger partial charge on any atom is 0.336 e. The molecule has 2 atom stereocenters. The third-order valence-corrected chi connectivity index (χ3v) is 4.28. The lowest BCUT2D eigenvalue weighted by Gasteiger charge is -2.29. The molecular formula is C20H23NO7. The van der Waals surface area contributed by atoms with Gasteiger partial charge in [-0.3, -0.25) is 14.6 Å². The van der Waals surface area contributed by atoms with Crippen molar-refractivity contribution < 1.29 is 33.3 Å². The topological polar surface area (TPSA) is 100 Å². The van der Waals surface area contributed by atoms with Crippen LogP contribution in [-0.4, -0.2) is 51.1 Å². The van der Waals surface area contributed by atoms with Gasteiger partial charge < -0.3 is 18.9 Å². The largest absolute Gasteiger partial charge is 0.490 e. The number of nitrogens with zero attached hydrogens (tertiary/aromatic N) is 1. The predicted molar refractivity (Wildman–Crippen MR) is 99.7 cm³/mol. The van der Waals surface area contributed by atoms with E-state index >= 15 is 0 Å². The summed E-state index contributed by atoms with van der Waals surface area (Å²) >= 11 is 0. The molecule has 8 heteroatoms. The molecule has 8 nitrogen and oxygen atoms in total. The van der Waals surface area contributed by atoms with E-state index in [9.17, 15) is 14.4 Å². The minimum Gasteiger partial charge on any atom is -0.490 e. The Balaban J connectivity index is 2.16. The van der Waals surface area contributed by atoms with Crippen molar-refractivity contribution in [1.82, 2.24) is 0 Å². The summed E-state index contributed by atoms with van der Waals surface area (Å²) in [5, 5.41) is 0. The van der Waals surface area contributed by atoms with Gasteiger partial charge in [0, 0.05) is 11.4 Å².